The molecule has 0 aromatic heterocycles. The van der Waals surface area contributed by atoms with Crippen molar-refractivity contribution in [2.24, 2.45) is 5.73 Å². The van der Waals surface area contributed by atoms with Crippen molar-refractivity contribution in [3.05, 3.63) is 27.8 Å². The Morgan fingerprint density at radius 2 is 1.86 bits per heavy atom. The van der Waals surface area contributed by atoms with Crippen LogP contribution in [-0.4, -0.2) is 42.0 Å². The highest BCUT2D eigenvalue weighted by Gasteiger charge is 2.26. The van der Waals surface area contributed by atoms with E-state index in [1.165, 1.54) is 0 Å². The van der Waals surface area contributed by atoms with E-state index >= 15 is 0 Å². The van der Waals surface area contributed by atoms with Crippen LogP contribution < -0.4 is 16.4 Å². The SMILES string of the molecule is CC(C(=O)Nc1ccc(I)cc1)N1CCC(NC(N)=O)CC1. The maximum Gasteiger partial charge on any atom is 0.312 e. The Kier molecular flexibility index (Phi) is 6.01. The molecule has 1 saturated heterocycles. The van der Waals surface area contributed by atoms with Gasteiger partial charge in [-0.15, -0.1) is 0 Å². The molecule has 1 aromatic rings. The van der Waals surface area contributed by atoms with Gasteiger partial charge in [0.05, 0.1) is 6.04 Å². The first-order valence-corrected chi connectivity index (χ1v) is 8.40. The van der Waals surface area contributed by atoms with Crippen LogP contribution >= 0.6 is 22.6 Å². The van der Waals surface area contributed by atoms with Gasteiger partial charge in [-0.25, -0.2) is 4.79 Å². The van der Waals surface area contributed by atoms with E-state index in [2.05, 4.69) is 38.1 Å². The van der Waals surface area contributed by atoms with Gasteiger partial charge in [0, 0.05) is 28.4 Å². The highest BCUT2D eigenvalue weighted by atomic mass is 127. The number of nitrogens with zero attached hydrogens (tertiary/aromatic N) is 1. The molecule has 2 rings (SSSR count). The maximum absolute atomic E-state index is 12.3. The molecule has 6 nitrogen and oxygen atoms in total. The predicted octanol–water partition coefficient (Wildman–Crippen LogP) is 1.75. The second kappa shape index (κ2) is 7.77. The Labute approximate surface area is 143 Å². The van der Waals surface area contributed by atoms with E-state index in [0.717, 1.165) is 35.2 Å². The van der Waals surface area contributed by atoms with Crippen LogP contribution in [0.4, 0.5) is 10.5 Å². The minimum atomic E-state index is -0.483. The fourth-order valence-corrected chi connectivity index (χ4v) is 2.94. The third-order valence-electron chi connectivity index (χ3n) is 3.91. The van der Waals surface area contributed by atoms with Crippen molar-refractivity contribution in [3.8, 4) is 0 Å². The monoisotopic (exact) mass is 416 g/mol. The van der Waals surface area contributed by atoms with Crippen LogP contribution in [0.5, 0.6) is 0 Å². The van der Waals surface area contributed by atoms with Crippen LogP contribution in [0, 0.1) is 3.57 Å². The highest BCUT2D eigenvalue weighted by Crippen LogP contribution is 2.16. The molecule has 7 heteroatoms. The number of carbonyl (C=O) groups is 2. The maximum atomic E-state index is 12.3. The van der Waals surface area contributed by atoms with Crippen molar-refractivity contribution >= 4 is 40.2 Å². The van der Waals surface area contributed by atoms with Gasteiger partial charge in [0.2, 0.25) is 5.91 Å². The Balaban J connectivity index is 1.84. The number of hydrogen-bond donors (Lipinski definition) is 3. The lowest BCUT2D eigenvalue weighted by Crippen LogP contribution is -2.51. The predicted molar refractivity (Wildman–Crippen MR) is 94.6 cm³/mol. The number of carbonyl (C=O) groups excluding carboxylic acids is 2. The average molecular weight is 416 g/mol. The molecule has 0 aliphatic carbocycles. The second-order valence-corrected chi connectivity index (χ2v) is 6.74. The quantitative estimate of drug-likeness (QED) is 0.654. The minimum Gasteiger partial charge on any atom is -0.352 e. The largest absolute Gasteiger partial charge is 0.352 e. The van der Waals surface area contributed by atoms with Gasteiger partial charge < -0.3 is 16.4 Å². The molecule has 0 radical (unpaired) electrons. The normalized spacial score (nSPS) is 17.7. The number of halogens is 1. The number of nitrogens with one attached hydrogen (secondary N) is 2. The van der Waals surface area contributed by atoms with E-state index in [-0.39, 0.29) is 18.0 Å². The summed E-state index contributed by atoms with van der Waals surface area (Å²) in [5.74, 6) is -0.0116. The molecule has 4 N–H and O–H groups in total. The molecule has 0 spiro atoms. The van der Waals surface area contributed by atoms with Gasteiger partial charge in [0.15, 0.2) is 0 Å². The van der Waals surface area contributed by atoms with Crippen molar-refractivity contribution < 1.29 is 9.59 Å². The summed E-state index contributed by atoms with van der Waals surface area (Å²) >= 11 is 2.23. The van der Waals surface area contributed by atoms with Crippen molar-refractivity contribution in [3.63, 3.8) is 0 Å². The number of rotatable bonds is 4. The third-order valence-corrected chi connectivity index (χ3v) is 4.63. The molecular formula is C15H21IN4O2. The van der Waals surface area contributed by atoms with Crippen LogP contribution in [0.25, 0.3) is 0 Å². The van der Waals surface area contributed by atoms with Gasteiger partial charge >= 0.3 is 6.03 Å². The molecule has 22 heavy (non-hydrogen) atoms. The summed E-state index contributed by atoms with van der Waals surface area (Å²) in [5, 5.41) is 5.66. The van der Waals surface area contributed by atoms with E-state index < -0.39 is 6.03 Å². The number of urea groups is 1. The summed E-state index contributed by atoms with van der Waals surface area (Å²) in [6.07, 6.45) is 1.62. The second-order valence-electron chi connectivity index (χ2n) is 5.49. The molecule has 1 atom stereocenters. The molecule has 1 aliphatic rings. The average Bonchev–Trinajstić information content (AvgIpc) is 2.49. The zero-order valence-electron chi connectivity index (χ0n) is 12.5. The fourth-order valence-electron chi connectivity index (χ4n) is 2.58. The Morgan fingerprint density at radius 3 is 2.41 bits per heavy atom. The molecule has 3 amide bonds. The number of primary amides is 1. The van der Waals surface area contributed by atoms with Gasteiger partial charge in [-0.1, -0.05) is 0 Å². The lowest BCUT2D eigenvalue weighted by atomic mass is 10.0. The van der Waals surface area contributed by atoms with Crippen LogP contribution in [0.3, 0.4) is 0 Å². The van der Waals surface area contributed by atoms with Crippen molar-refractivity contribution in [1.82, 2.24) is 10.2 Å². The Hall–Kier alpha value is -1.35. The zero-order valence-corrected chi connectivity index (χ0v) is 14.7. The van der Waals surface area contributed by atoms with Gasteiger partial charge in [-0.2, -0.15) is 0 Å². The summed E-state index contributed by atoms with van der Waals surface area (Å²) in [5.41, 5.74) is 5.94. The molecular weight excluding hydrogens is 395 g/mol. The lowest BCUT2D eigenvalue weighted by molar-refractivity contribution is -0.121. The molecule has 120 valence electrons. The number of likely N-dealkylation sites (tertiary alicyclic amines) is 1. The number of benzene rings is 1. The number of piperidine rings is 1. The van der Waals surface area contributed by atoms with Crippen LogP contribution in [0.1, 0.15) is 19.8 Å². The van der Waals surface area contributed by atoms with Crippen molar-refractivity contribution in [1.29, 1.82) is 0 Å². The number of amides is 3. The molecule has 1 aromatic carbocycles. The molecule has 0 bridgehead atoms. The number of anilines is 1. The summed E-state index contributed by atoms with van der Waals surface area (Å²) in [6, 6.07) is 7.14. The fraction of sp³-hybridized carbons (Fsp3) is 0.467. The third kappa shape index (κ3) is 4.84. The number of nitrogens with two attached hydrogens (primary N) is 1. The van der Waals surface area contributed by atoms with Crippen LogP contribution in [-0.2, 0) is 4.79 Å². The Morgan fingerprint density at radius 1 is 1.27 bits per heavy atom. The summed E-state index contributed by atoms with van der Waals surface area (Å²) in [6.45, 7) is 3.45. The van der Waals surface area contributed by atoms with E-state index in [1.54, 1.807) is 0 Å². The molecule has 1 heterocycles. The zero-order chi connectivity index (χ0) is 16.1. The first-order valence-electron chi connectivity index (χ1n) is 7.32. The molecule has 1 unspecified atom stereocenters. The van der Waals surface area contributed by atoms with Gasteiger partial charge in [-0.05, 0) is 66.6 Å². The van der Waals surface area contributed by atoms with Crippen LogP contribution in [0.2, 0.25) is 0 Å². The van der Waals surface area contributed by atoms with E-state index in [0.29, 0.717) is 0 Å². The topological polar surface area (TPSA) is 87.5 Å². The standard InChI is InChI=1S/C15H21IN4O2/c1-10(14(21)18-12-4-2-11(16)3-5-12)20-8-6-13(7-9-20)19-15(17)22/h2-5,10,13H,6-9H2,1H3,(H,18,21)(H3,17,19,22). The molecule has 1 fully saturated rings. The minimum absolute atomic E-state index is 0.0116. The first-order chi connectivity index (χ1) is 10.5. The van der Waals surface area contributed by atoms with Crippen LogP contribution in [0.15, 0.2) is 24.3 Å². The molecule has 0 saturated carbocycles. The summed E-state index contributed by atoms with van der Waals surface area (Å²) in [4.78, 5) is 25.3. The van der Waals surface area contributed by atoms with Crippen molar-refractivity contribution in [2.75, 3.05) is 18.4 Å². The number of hydrogen-bond acceptors (Lipinski definition) is 3. The highest BCUT2D eigenvalue weighted by molar-refractivity contribution is 14.1. The van der Waals surface area contributed by atoms with Gasteiger partial charge in [0.1, 0.15) is 0 Å². The van der Waals surface area contributed by atoms with Gasteiger partial charge in [-0.3, -0.25) is 9.69 Å². The lowest BCUT2D eigenvalue weighted by Gasteiger charge is -2.35. The van der Waals surface area contributed by atoms with E-state index in [1.807, 2.05) is 31.2 Å². The van der Waals surface area contributed by atoms with Crippen molar-refractivity contribution in [2.45, 2.75) is 31.8 Å². The van der Waals surface area contributed by atoms with E-state index in [9.17, 15) is 9.59 Å². The Bertz CT molecular complexity index is 527. The van der Waals surface area contributed by atoms with E-state index in [4.69, 9.17) is 5.73 Å². The van der Waals surface area contributed by atoms with Gasteiger partial charge in [0.25, 0.3) is 0 Å². The molecule has 1 aliphatic heterocycles. The first kappa shape index (κ1) is 17.0. The summed E-state index contributed by atoms with van der Waals surface area (Å²) < 4.78 is 1.13. The smallest absolute Gasteiger partial charge is 0.312 e. The summed E-state index contributed by atoms with van der Waals surface area (Å²) in [7, 11) is 0.